The summed E-state index contributed by atoms with van der Waals surface area (Å²) in [5.74, 6) is -0.0181. The minimum absolute atomic E-state index is 0.0260. The van der Waals surface area contributed by atoms with Crippen LogP contribution in [0.1, 0.15) is 67.6 Å². The molecule has 4 aromatic rings. The highest BCUT2D eigenvalue weighted by molar-refractivity contribution is 5.95. The Labute approximate surface area is 263 Å². The molecule has 3 aromatic carbocycles. The van der Waals surface area contributed by atoms with Gasteiger partial charge in [0.15, 0.2) is 0 Å². The van der Waals surface area contributed by atoms with Crippen LogP contribution < -0.4 is 4.74 Å². The number of ether oxygens (including phenoxy) is 1. The summed E-state index contributed by atoms with van der Waals surface area (Å²) in [5.41, 5.74) is 5.39. The number of amides is 2. The lowest BCUT2D eigenvalue weighted by Gasteiger charge is -2.37. The molecule has 0 bridgehead atoms. The predicted molar refractivity (Wildman–Crippen MR) is 171 cm³/mol. The fraction of sp³-hybridized carbons (Fsp3) is 0.389. The quantitative estimate of drug-likeness (QED) is 0.245. The molecule has 6 rings (SSSR count). The van der Waals surface area contributed by atoms with Crippen LogP contribution in [-0.4, -0.2) is 67.9 Å². The fourth-order valence-corrected chi connectivity index (χ4v) is 6.24. The van der Waals surface area contributed by atoms with Crippen LogP contribution in [-0.2, 0) is 4.79 Å². The monoisotopic (exact) mass is 609 g/mol. The van der Waals surface area contributed by atoms with Gasteiger partial charge >= 0.3 is 0 Å². The highest BCUT2D eigenvalue weighted by Crippen LogP contribution is 2.31. The van der Waals surface area contributed by atoms with Gasteiger partial charge in [-0.3, -0.25) is 9.59 Å². The first-order chi connectivity index (χ1) is 21.5. The summed E-state index contributed by atoms with van der Waals surface area (Å²) in [7, 11) is 0. The Hall–Kier alpha value is -4.53. The molecule has 1 atom stereocenters. The molecule has 8 nitrogen and oxygen atoms in total. The van der Waals surface area contributed by atoms with Crippen LogP contribution in [0.2, 0.25) is 0 Å². The van der Waals surface area contributed by atoms with Crippen molar-refractivity contribution in [1.82, 2.24) is 24.8 Å². The fourth-order valence-electron chi connectivity index (χ4n) is 6.24. The summed E-state index contributed by atoms with van der Waals surface area (Å²) >= 11 is 0. The molecular weight excluding hydrogens is 569 g/mol. The highest BCUT2D eigenvalue weighted by Gasteiger charge is 2.39. The Kier molecular flexibility index (Phi) is 8.20. The van der Waals surface area contributed by atoms with E-state index in [9.17, 15) is 9.59 Å². The summed E-state index contributed by atoms with van der Waals surface area (Å²) < 4.78 is 22.7. The summed E-state index contributed by atoms with van der Waals surface area (Å²) in [6.45, 7) is 11.7. The number of hydrogen-bond donors (Lipinski definition) is 0. The van der Waals surface area contributed by atoms with Crippen LogP contribution in [0.4, 0.5) is 4.39 Å². The number of carbonyl (C=O) groups is 2. The molecule has 2 saturated heterocycles. The van der Waals surface area contributed by atoms with Crippen molar-refractivity contribution in [3.63, 3.8) is 0 Å². The smallest absolute Gasteiger partial charge is 0.256 e. The van der Waals surface area contributed by atoms with E-state index >= 15 is 4.39 Å². The number of carbonyl (C=O) groups excluding carboxylic acids is 2. The van der Waals surface area contributed by atoms with Crippen LogP contribution in [0.3, 0.4) is 0 Å². The summed E-state index contributed by atoms with van der Waals surface area (Å²) in [6.07, 6.45) is 3.78. The molecule has 234 valence electrons. The Morgan fingerprint density at radius 2 is 1.53 bits per heavy atom. The first-order valence-electron chi connectivity index (χ1n) is 15.6. The molecule has 2 aliphatic rings. The van der Waals surface area contributed by atoms with Gasteiger partial charge in [0.05, 0.1) is 11.8 Å². The third-order valence-corrected chi connectivity index (χ3v) is 8.85. The van der Waals surface area contributed by atoms with Gasteiger partial charge < -0.3 is 14.5 Å². The number of aryl methyl sites for hydroxylation is 2. The van der Waals surface area contributed by atoms with Crippen molar-refractivity contribution in [2.24, 2.45) is 0 Å². The van der Waals surface area contributed by atoms with Gasteiger partial charge in [0.2, 0.25) is 5.91 Å². The van der Waals surface area contributed by atoms with Crippen molar-refractivity contribution in [2.45, 2.75) is 71.6 Å². The molecule has 0 saturated carbocycles. The van der Waals surface area contributed by atoms with Crippen molar-refractivity contribution in [1.29, 1.82) is 0 Å². The summed E-state index contributed by atoms with van der Waals surface area (Å²) in [5, 5.41) is 8.63. The Bertz CT molecular complexity index is 1720. The number of rotatable bonds is 6. The standard InChI is InChI=1S/C36H40FN5O3/c1-23-6-7-26(20-24(23)2)27-10-13-30(31(37)21-27)34(43)40-17-14-28(15-18-40)41-19-16-33(35(41)44)42-22-32(38-39-42)25-8-11-29(12-9-25)45-36(3,4)5/h6-13,20-22,28,33H,14-19H2,1-5H3. The lowest BCUT2D eigenvalue weighted by molar-refractivity contribution is -0.133. The van der Waals surface area contributed by atoms with Crippen molar-refractivity contribution >= 4 is 11.8 Å². The van der Waals surface area contributed by atoms with E-state index in [1.54, 1.807) is 15.6 Å². The maximum Gasteiger partial charge on any atom is 0.256 e. The van der Waals surface area contributed by atoms with Gasteiger partial charge in [-0.15, -0.1) is 5.10 Å². The Morgan fingerprint density at radius 1 is 0.867 bits per heavy atom. The van der Waals surface area contributed by atoms with Gasteiger partial charge in [-0.2, -0.15) is 0 Å². The number of piperidine rings is 1. The molecule has 2 amide bonds. The Balaban J connectivity index is 1.05. The zero-order valence-corrected chi connectivity index (χ0v) is 26.6. The Morgan fingerprint density at radius 3 is 2.20 bits per heavy atom. The summed E-state index contributed by atoms with van der Waals surface area (Å²) in [6, 6.07) is 18.2. The van der Waals surface area contributed by atoms with Crippen molar-refractivity contribution in [3.05, 3.63) is 89.4 Å². The molecule has 2 aliphatic heterocycles. The molecule has 0 radical (unpaired) electrons. The predicted octanol–water partition coefficient (Wildman–Crippen LogP) is 6.62. The minimum Gasteiger partial charge on any atom is -0.488 e. The number of likely N-dealkylation sites (tertiary alicyclic amines) is 2. The van der Waals surface area contributed by atoms with Crippen LogP contribution in [0.5, 0.6) is 5.75 Å². The molecule has 0 spiro atoms. The number of benzene rings is 3. The van der Waals surface area contributed by atoms with Gasteiger partial charge in [-0.1, -0.05) is 29.5 Å². The van der Waals surface area contributed by atoms with E-state index in [1.165, 1.54) is 11.6 Å². The van der Waals surface area contributed by atoms with Crippen LogP contribution in [0.15, 0.2) is 66.9 Å². The number of hydrogen-bond acceptors (Lipinski definition) is 5. The average Bonchev–Trinajstić information content (AvgIpc) is 3.65. The van der Waals surface area contributed by atoms with E-state index < -0.39 is 11.9 Å². The lowest BCUT2D eigenvalue weighted by Crippen LogP contribution is -2.47. The van der Waals surface area contributed by atoms with E-state index in [4.69, 9.17) is 4.74 Å². The first kappa shape index (κ1) is 30.5. The average molecular weight is 610 g/mol. The highest BCUT2D eigenvalue weighted by atomic mass is 19.1. The molecule has 1 unspecified atom stereocenters. The third kappa shape index (κ3) is 6.48. The van der Waals surface area contributed by atoms with Crippen LogP contribution in [0.25, 0.3) is 22.4 Å². The number of nitrogens with zero attached hydrogens (tertiary/aromatic N) is 5. The van der Waals surface area contributed by atoms with Gasteiger partial charge in [-0.25, -0.2) is 9.07 Å². The minimum atomic E-state index is -0.517. The number of aromatic nitrogens is 3. The second kappa shape index (κ2) is 12.1. The van der Waals surface area contributed by atoms with Crippen molar-refractivity contribution in [3.8, 4) is 28.1 Å². The van der Waals surface area contributed by atoms with E-state index in [0.717, 1.165) is 28.0 Å². The zero-order chi connectivity index (χ0) is 31.9. The molecule has 9 heteroatoms. The van der Waals surface area contributed by atoms with E-state index in [-0.39, 0.29) is 29.0 Å². The van der Waals surface area contributed by atoms with Crippen LogP contribution in [0, 0.1) is 19.7 Å². The van der Waals surface area contributed by atoms with E-state index in [0.29, 0.717) is 44.6 Å². The molecule has 0 aliphatic carbocycles. The molecule has 0 N–H and O–H groups in total. The maximum atomic E-state index is 15.2. The number of halogens is 1. The van der Waals surface area contributed by atoms with Crippen molar-refractivity contribution in [2.75, 3.05) is 19.6 Å². The van der Waals surface area contributed by atoms with Gasteiger partial charge in [0.1, 0.15) is 28.9 Å². The largest absolute Gasteiger partial charge is 0.488 e. The lowest BCUT2D eigenvalue weighted by atomic mass is 9.98. The third-order valence-electron chi connectivity index (χ3n) is 8.85. The SMILES string of the molecule is Cc1ccc(-c2ccc(C(=O)N3CCC(N4CCC(n5cc(-c6ccc(OC(C)(C)C)cc6)nn5)C4=O)CC3)c(F)c2)cc1C. The zero-order valence-electron chi connectivity index (χ0n) is 26.6. The maximum absolute atomic E-state index is 15.2. The molecule has 45 heavy (non-hydrogen) atoms. The van der Waals surface area contributed by atoms with Crippen LogP contribution >= 0.6 is 0 Å². The topological polar surface area (TPSA) is 80.6 Å². The van der Waals surface area contributed by atoms with Crippen molar-refractivity contribution < 1.29 is 18.7 Å². The van der Waals surface area contributed by atoms with E-state index in [2.05, 4.69) is 10.3 Å². The summed E-state index contributed by atoms with van der Waals surface area (Å²) in [4.78, 5) is 30.4. The van der Waals surface area contributed by atoms with Gasteiger partial charge in [-0.05, 0) is 113 Å². The molecular formula is C36H40FN5O3. The normalized spacial score (nSPS) is 17.6. The van der Waals surface area contributed by atoms with Gasteiger partial charge in [0.25, 0.3) is 5.91 Å². The van der Waals surface area contributed by atoms with E-state index in [1.807, 2.05) is 94.2 Å². The molecule has 2 fully saturated rings. The second-order valence-corrected chi connectivity index (χ2v) is 13.2. The second-order valence-electron chi connectivity index (χ2n) is 13.2. The van der Waals surface area contributed by atoms with Gasteiger partial charge in [0, 0.05) is 31.2 Å². The first-order valence-corrected chi connectivity index (χ1v) is 15.6. The molecule has 1 aromatic heterocycles. The molecule has 3 heterocycles.